The standard InChI is InChI=1S/C19H21F3O6S2/c20-19(21,22)30(26,27)28-29(12-10-23,13-11-24)14-16-8-4-5-9-17(16)18(25)15-6-2-1-3-7-15/h1-9,23-24H,10-14H2. The zero-order valence-corrected chi connectivity index (χ0v) is 17.3. The maximum absolute atomic E-state index is 12.9. The first-order valence-electron chi connectivity index (χ1n) is 8.73. The Morgan fingerprint density at radius 2 is 1.43 bits per heavy atom. The Bertz CT molecular complexity index is 956. The minimum absolute atomic E-state index is 0.171. The molecule has 0 radical (unpaired) electrons. The summed E-state index contributed by atoms with van der Waals surface area (Å²) >= 11 is 0. The lowest BCUT2D eigenvalue weighted by atomic mass is 9.99. The van der Waals surface area contributed by atoms with Gasteiger partial charge in [0.15, 0.2) is 5.78 Å². The van der Waals surface area contributed by atoms with Crippen LogP contribution >= 0.6 is 10.3 Å². The second kappa shape index (κ2) is 9.92. The number of benzene rings is 2. The van der Waals surface area contributed by atoms with E-state index in [4.69, 9.17) is 0 Å². The minimum atomic E-state index is -5.98. The third kappa shape index (κ3) is 5.82. The molecular weight excluding hydrogens is 445 g/mol. The van der Waals surface area contributed by atoms with Crippen molar-refractivity contribution in [3.63, 3.8) is 0 Å². The summed E-state index contributed by atoms with van der Waals surface area (Å²) in [5.41, 5.74) is -4.88. The van der Waals surface area contributed by atoms with E-state index in [1.165, 1.54) is 12.1 Å². The number of rotatable bonds is 10. The quantitative estimate of drug-likeness (QED) is 0.413. The predicted molar refractivity (Wildman–Crippen MR) is 108 cm³/mol. The maximum Gasteiger partial charge on any atom is 0.523 e. The zero-order valence-electron chi connectivity index (χ0n) is 15.7. The largest absolute Gasteiger partial charge is 0.523 e. The normalized spacial score (nSPS) is 13.2. The molecule has 0 amide bonds. The number of hydrogen-bond acceptors (Lipinski definition) is 6. The van der Waals surface area contributed by atoms with Gasteiger partial charge in [-0.3, -0.25) is 4.79 Å². The summed E-state index contributed by atoms with van der Waals surface area (Å²) in [5, 5.41) is 18.8. The molecule has 0 unspecified atom stereocenters. The molecule has 0 aromatic heterocycles. The number of carbonyl (C=O) groups is 1. The van der Waals surface area contributed by atoms with Crippen LogP contribution in [0.1, 0.15) is 21.5 Å². The number of carbonyl (C=O) groups excluding carboxylic acids is 1. The van der Waals surface area contributed by atoms with Crippen LogP contribution in [0.2, 0.25) is 0 Å². The molecule has 0 fully saturated rings. The van der Waals surface area contributed by atoms with Gasteiger partial charge in [-0.2, -0.15) is 21.6 Å². The van der Waals surface area contributed by atoms with Crippen LogP contribution in [0.25, 0.3) is 0 Å². The van der Waals surface area contributed by atoms with E-state index in [1.54, 1.807) is 42.5 Å². The van der Waals surface area contributed by atoms with Crippen molar-refractivity contribution in [1.82, 2.24) is 0 Å². The fraction of sp³-hybridized carbons (Fsp3) is 0.316. The zero-order chi connectivity index (χ0) is 22.4. The molecule has 2 N–H and O–H groups in total. The number of ketones is 1. The monoisotopic (exact) mass is 466 g/mol. The van der Waals surface area contributed by atoms with Crippen molar-refractivity contribution in [2.24, 2.45) is 0 Å². The van der Waals surface area contributed by atoms with Gasteiger partial charge in [0.2, 0.25) is 0 Å². The fourth-order valence-electron chi connectivity index (χ4n) is 2.80. The van der Waals surface area contributed by atoms with E-state index in [9.17, 15) is 36.6 Å². The van der Waals surface area contributed by atoms with Gasteiger partial charge in [-0.05, 0) is 5.56 Å². The van der Waals surface area contributed by atoms with Crippen molar-refractivity contribution in [2.45, 2.75) is 11.3 Å². The van der Waals surface area contributed by atoms with Gasteiger partial charge < -0.3 is 10.2 Å². The Hall–Kier alpha value is -1.92. The van der Waals surface area contributed by atoms with E-state index in [-0.39, 0.29) is 16.9 Å². The SMILES string of the molecule is O=C(c1ccccc1)c1ccccc1CS(CCO)(CCO)OS(=O)(=O)C(F)(F)F. The number of aliphatic hydroxyl groups is 2. The Labute approximate surface area is 174 Å². The summed E-state index contributed by atoms with van der Waals surface area (Å²) in [7, 11) is -9.16. The molecule has 11 heteroatoms. The van der Waals surface area contributed by atoms with Crippen molar-refractivity contribution < 1.29 is 40.2 Å². The molecule has 0 saturated carbocycles. The minimum Gasteiger partial charge on any atom is -0.395 e. The molecule has 2 aromatic rings. The van der Waals surface area contributed by atoms with Crippen LogP contribution in [0.4, 0.5) is 13.2 Å². The summed E-state index contributed by atoms with van der Waals surface area (Å²) in [6, 6.07) is 14.3. The van der Waals surface area contributed by atoms with Crippen molar-refractivity contribution >= 4 is 26.2 Å². The van der Waals surface area contributed by atoms with Crippen LogP contribution in [0.3, 0.4) is 0 Å². The van der Waals surface area contributed by atoms with Gasteiger partial charge in [0, 0.05) is 28.4 Å². The van der Waals surface area contributed by atoms with Crippen LogP contribution in [-0.2, 0) is 19.5 Å². The van der Waals surface area contributed by atoms with Crippen molar-refractivity contribution in [3.05, 3.63) is 71.3 Å². The van der Waals surface area contributed by atoms with E-state index < -0.39 is 56.4 Å². The number of halogens is 3. The van der Waals surface area contributed by atoms with Crippen LogP contribution in [0.5, 0.6) is 0 Å². The van der Waals surface area contributed by atoms with Gasteiger partial charge >= 0.3 is 15.6 Å². The maximum atomic E-state index is 12.9. The molecule has 30 heavy (non-hydrogen) atoms. The second-order valence-electron chi connectivity index (χ2n) is 6.29. The average Bonchev–Trinajstić information content (AvgIpc) is 2.68. The Balaban J connectivity index is 2.50. The highest BCUT2D eigenvalue weighted by Crippen LogP contribution is 2.55. The summed E-state index contributed by atoms with van der Waals surface area (Å²) in [5.74, 6) is -1.60. The molecule has 166 valence electrons. The molecular formula is C19H21F3O6S2. The summed E-state index contributed by atoms with van der Waals surface area (Å²) < 4.78 is 66.8. The Morgan fingerprint density at radius 3 is 1.97 bits per heavy atom. The molecule has 0 spiro atoms. The number of alkyl halides is 3. The van der Waals surface area contributed by atoms with Gasteiger partial charge in [-0.25, -0.2) is 3.63 Å². The highest BCUT2D eigenvalue weighted by atomic mass is 32.3. The fourth-order valence-corrected chi connectivity index (χ4v) is 7.34. The molecule has 0 saturated heterocycles. The summed E-state index contributed by atoms with van der Waals surface area (Å²) in [4.78, 5) is 12.9. The van der Waals surface area contributed by atoms with E-state index in [0.717, 1.165) is 0 Å². The smallest absolute Gasteiger partial charge is 0.395 e. The third-order valence-corrected chi connectivity index (χ3v) is 9.29. The van der Waals surface area contributed by atoms with E-state index in [0.29, 0.717) is 5.56 Å². The molecule has 2 aromatic carbocycles. The molecule has 0 aliphatic heterocycles. The number of aliphatic hydroxyl groups excluding tert-OH is 2. The van der Waals surface area contributed by atoms with E-state index in [2.05, 4.69) is 3.63 Å². The van der Waals surface area contributed by atoms with Gasteiger partial charge in [0.05, 0.1) is 13.2 Å². The lowest BCUT2D eigenvalue weighted by Crippen LogP contribution is -2.31. The summed E-state index contributed by atoms with van der Waals surface area (Å²) in [6.45, 7) is -1.31. The highest BCUT2D eigenvalue weighted by Gasteiger charge is 2.51. The topological polar surface area (TPSA) is 101 Å². The van der Waals surface area contributed by atoms with Crippen LogP contribution < -0.4 is 0 Å². The molecule has 0 heterocycles. The number of hydrogen-bond donors (Lipinski definition) is 2. The van der Waals surface area contributed by atoms with Crippen LogP contribution in [0.15, 0.2) is 54.6 Å². The third-order valence-electron chi connectivity index (χ3n) is 4.16. The molecule has 0 atom stereocenters. The average molecular weight is 466 g/mol. The van der Waals surface area contributed by atoms with Crippen molar-refractivity contribution in [1.29, 1.82) is 0 Å². The Morgan fingerprint density at radius 1 is 0.900 bits per heavy atom. The highest BCUT2D eigenvalue weighted by molar-refractivity contribution is 8.32. The lowest BCUT2D eigenvalue weighted by molar-refractivity contribution is -0.0496. The lowest BCUT2D eigenvalue weighted by Gasteiger charge is -2.38. The first kappa shape index (κ1) is 24.4. The van der Waals surface area contributed by atoms with Gasteiger partial charge in [-0.1, -0.05) is 54.6 Å². The molecule has 0 aliphatic rings. The van der Waals surface area contributed by atoms with Crippen LogP contribution in [-0.4, -0.2) is 54.6 Å². The first-order chi connectivity index (χ1) is 14.1. The van der Waals surface area contributed by atoms with Crippen molar-refractivity contribution in [2.75, 3.05) is 24.7 Å². The van der Waals surface area contributed by atoms with E-state index >= 15 is 0 Å². The summed E-state index contributed by atoms with van der Waals surface area (Å²) in [6.07, 6.45) is 0. The predicted octanol–water partition coefficient (Wildman–Crippen LogP) is 2.99. The second-order valence-corrected chi connectivity index (χ2v) is 11.2. The van der Waals surface area contributed by atoms with Crippen molar-refractivity contribution in [3.8, 4) is 0 Å². The molecule has 6 nitrogen and oxygen atoms in total. The molecule has 0 aliphatic carbocycles. The van der Waals surface area contributed by atoms with Crippen LogP contribution in [0, 0.1) is 0 Å². The molecule has 2 rings (SSSR count). The van der Waals surface area contributed by atoms with Gasteiger partial charge in [0.1, 0.15) is 0 Å². The Kier molecular flexibility index (Phi) is 8.06. The van der Waals surface area contributed by atoms with Gasteiger partial charge in [0.25, 0.3) is 0 Å². The first-order valence-corrected chi connectivity index (χ1v) is 12.2. The molecule has 0 bridgehead atoms. The van der Waals surface area contributed by atoms with Gasteiger partial charge in [-0.15, -0.1) is 10.3 Å². The van der Waals surface area contributed by atoms with E-state index in [1.807, 2.05) is 0 Å².